The minimum absolute atomic E-state index is 0.128. The first-order valence-corrected chi connectivity index (χ1v) is 7.53. The highest BCUT2D eigenvalue weighted by Crippen LogP contribution is 2.13. The molecule has 0 spiro atoms. The van der Waals surface area contributed by atoms with Crippen LogP contribution in [0.1, 0.15) is 71.1 Å². The van der Waals surface area contributed by atoms with E-state index in [2.05, 4.69) is 22.9 Å². The molecule has 0 aromatic heterocycles. The lowest BCUT2D eigenvalue weighted by Gasteiger charge is -2.05. The molecule has 0 aliphatic carbocycles. The summed E-state index contributed by atoms with van der Waals surface area (Å²) in [4.78, 5) is 10.6. The molecule has 0 saturated carbocycles. The number of amides is 1. The van der Waals surface area contributed by atoms with Crippen LogP contribution in [0, 0.1) is 0 Å². The fraction of sp³-hybridized carbons (Fsp3) is 0.923. The number of primary amides is 1. The number of halogens is 1. The standard InChI is InChI=1S/C13H26BrNO/c1-2-3-4-5-6-7-8-9-10-11-12(14)13(15)16/h12H,2-11H2,1H3,(H2,15,16). The summed E-state index contributed by atoms with van der Waals surface area (Å²) in [5.74, 6) is -0.237. The number of hydrogen-bond acceptors (Lipinski definition) is 1. The first kappa shape index (κ1) is 16.0. The van der Waals surface area contributed by atoms with Gasteiger partial charge < -0.3 is 5.73 Å². The van der Waals surface area contributed by atoms with E-state index in [4.69, 9.17) is 5.73 Å². The topological polar surface area (TPSA) is 43.1 Å². The van der Waals surface area contributed by atoms with Crippen LogP contribution in [0.2, 0.25) is 0 Å². The molecule has 0 aromatic rings. The molecule has 16 heavy (non-hydrogen) atoms. The van der Waals surface area contributed by atoms with E-state index in [0.29, 0.717) is 0 Å². The summed E-state index contributed by atoms with van der Waals surface area (Å²) in [5, 5.41) is 0. The smallest absolute Gasteiger partial charge is 0.231 e. The Morgan fingerprint density at radius 1 is 1.00 bits per heavy atom. The van der Waals surface area contributed by atoms with Crippen LogP contribution in [0.3, 0.4) is 0 Å². The van der Waals surface area contributed by atoms with Gasteiger partial charge in [0.05, 0.1) is 4.83 Å². The van der Waals surface area contributed by atoms with Gasteiger partial charge in [-0.2, -0.15) is 0 Å². The number of alkyl halides is 1. The molecule has 1 atom stereocenters. The van der Waals surface area contributed by atoms with Crippen molar-refractivity contribution in [3.05, 3.63) is 0 Å². The van der Waals surface area contributed by atoms with Gasteiger partial charge >= 0.3 is 0 Å². The van der Waals surface area contributed by atoms with Gasteiger partial charge in [-0.1, -0.05) is 80.6 Å². The molecule has 0 rings (SSSR count). The largest absolute Gasteiger partial charge is 0.369 e. The third-order valence-corrected chi connectivity index (χ3v) is 3.78. The van der Waals surface area contributed by atoms with Crippen molar-refractivity contribution in [2.75, 3.05) is 0 Å². The molecule has 0 aliphatic heterocycles. The lowest BCUT2D eigenvalue weighted by Crippen LogP contribution is -2.22. The minimum Gasteiger partial charge on any atom is -0.369 e. The number of hydrogen-bond donors (Lipinski definition) is 1. The molecule has 0 radical (unpaired) electrons. The second kappa shape index (κ2) is 11.4. The summed E-state index contributed by atoms with van der Waals surface area (Å²) in [6, 6.07) is 0. The molecular weight excluding hydrogens is 266 g/mol. The molecule has 0 aromatic carbocycles. The molecule has 0 aliphatic rings. The number of nitrogens with two attached hydrogens (primary N) is 1. The molecule has 2 nitrogen and oxygen atoms in total. The van der Waals surface area contributed by atoms with E-state index < -0.39 is 0 Å². The van der Waals surface area contributed by atoms with Crippen molar-refractivity contribution >= 4 is 21.8 Å². The van der Waals surface area contributed by atoms with Crippen LogP contribution in [0.15, 0.2) is 0 Å². The van der Waals surface area contributed by atoms with E-state index in [1.54, 1.807) is 0 Å². The summed E-state index contributed by atoms with van der Waals surface area (Å²) in [6.45, 7) is 2.25. The summed E-state index contributed by atoms with van der Waals surface area (Å²) in [5.41, 5.74) is 5.16. The quantitative estimate of drug-likeness (QED) is 0.451. The fourth-order valence-corrected chi connectivity index (χ4v) is 2.10. The normalized spacial score (nSPS) is 12.6. The van der Waals surface area contributed by atoms with E-state index >= 15 is 0 Å². The SMILES string of the molecule is CCCCCCCCCCCC(Br)C(N)=O. The van der Waals surface area contributed by atoms with Gasteiger partial charge in [-0.3, -0.25) is 4.79 Å². The average molecular weight is 292 g/mol. The van der Waals surface area contributed by atoms with Gasteiger partial charge in [-0.25, -0.2) is 0 Å². The van der Waals surface area contributed by atoms with Crippen LogP contribution < -0.4 is 5.73 Å². The minimum atomic E-state index is -0.237. The van der Waals surface area contributed by atoms with E-state index in [0.717, 1.165) is 12.8 Å². The van der Waals surface area contributed by atoms with E-state index in [1.807, 2.05) is 0 Å². The maximum absolute atomic E-state index is 10.7. The van der Waals surface area contributed by atoms with E-state index in [-0.39, 0.29) is 10.7 Å². The highest BCUT2D eigenvalue weighted by Gasteiger charge is 2.08. The molecule has 96 valence electrons. The highest BCUT2D eigenvalue weighted by molar-refractivity contribution is 9.10. The zero-order chi connectivity index (χ0) is 12.2. The van der Waals surface area contributed by atoms with E-state index in [1.165, 1.54) is 51.4 Å². The van der Waals surface area contributed by atoms with Crippen molar-refractivity contribution in [1.82, 2.24) is 0 Å². The number of carbonyl (C=O) groups is 1. The molecule has 0 bridgehead atoms. The van der Waals surface area contributed by atoms with Crippen molar-refractivity contribution in [1.29, 1.82) is 0 Å². The zero-order valence-electron chi connectivity index (χ0n) is 10.5. The van der Waals surface area contributed by atoms with Gasteiger partial charge in [-0.05, 0) is 6.42 Å². The molecule has 3 heteroatoms. The van der Waals surface area contributed by atoms with Crippen LogP contribution in [-0.4, -0.2) is 10.7 Å². The fourth-order valence-electron chi connectivity index (χ4n) is 1.78. The maximum atomic E-state index is 10.7. The average Bonchev–Trinajstić information content (AvgIpc) is 2.26. The lowest BCUT2D eigenvalue weighted by molar-refractivity contribution is -0.117. The van der Waals surface area contributed by atoms with Crippen LogP contribution in [0.4, 0.5) is 0 Å². The molecule has 0 fully saturated rings. The predicted octanol–water partition coefficient (Wildman–Crippen LogP) is 4.16. The Bertz CT molecular complexity index is 173. The van der Waals surface area contributed by atoms with Crippen LogP contribution in [-0.2, 0) is 4.79 Å². The number of carbonyl (C=O) groups excluding carboxylic acids is 1. The second-order valence-electron chi connectivity index (χ2n) is 4.49. The Morgan fingerprint density at radius 2 is 1.44 bits per heavy atom. The molecule has 1 amide bonds. The molecule has 1 unspecified atom stereocenters. The summed E-state index contributed by atoms with van der Waals surface area (Å²) >= 11 is 3.28. The third-order valence-electron chi connectivity index (χ3n) is 2.87. The Morgan fingerprint density at radius 3 is 1.88 bits per heavy atom. The van der Waals surface area contributed by atoms with Gasteiger partial charge in [0.15, 0.2) is 0 Å². The molecule has 0 saturated heterocycles. The van der Waals surface area contributed by atoms with Crippen LogP contribution in [0.25, 0.3) is 0 Å². The molecular formula is C13H26BrNO. The summed E-state index contributed by atoms with van der Waals surface area (Å²) in [7, 11) is 0. The monoisotopic (exact) mass is 291 g/mol. The second-order valence-corrected chi connectivity index (χ2v) is 5.59. The van der Waals surface area contributed by atoms with Crippen molar-refractivity contribution in [3.8, 4) is 0 Å². The highest BCUT2D eigenvalue weighted by atomic mass is 79.9. The first-order valence-electron chi connectivity index (χ1n) is 6.62. The van der Waals surface area contributed by atoms with Crippen molar-refractivity contribution in [2.45, 2.75) is 76.0 Å². The summed E-state index contributed by atoms with van der Waals surface area (Å²) in [6.07, 6.45) is 12.7. The lowest BCUT2D eigenvalue weighted by atomic mass is 10.1. The van der Waals surface area contributed by atoms with Gasteiger partial charge in [0.25, 0.3) is 0 Å². The van der Waals surface area contributed by atoms with Crippen molar-refractivity contribution in [2.24, 2.45) is 5.73 Å². The Balaban J connectivity index is 3.07. The third kappa shape index (κ3) is 10.5. The first-order chi connectivity index (χ1) is 7.68. The van der Waals surface area contributed by atoms with Crippen LogP contribution in [0.5, 0.6) is 0 Å². The van der Waals surface area contributed by atoms with Crippen LogP contribution >= 0.6 is 15.9 Å². The van der Waals surface area contributed by atoms with Crippen molar-refractivity contribution < 1.29 is 4.79 Å². The number of unbranched alkanes of at least 4 members (excludes halogenated alkanes) is 8. The number of rotatable bonds is 11. The van der Waals surface area contributed by atoms with Gasteiger partial charge in [0.1, 0.15) is 0 Å². The Hall–Kier alpha value is -0.0500. The Labute approximate surface area is 108 Å². The predicted molar refractivity (Wildman–Crippen MR) is 73.8 cm³/mol. The molecule has 2 N–H and O–H groups in total. The van der Waals surface area contributed by atoms with Crippen molar-refractivity contribution in [3.63, 3.8) is 0 Å². The zero-order valence-corrected chi connectivity index (χ0v) is 12.1. The van der Waals surface area contributed by atoms with Gasteiger partial charge in [-0.15, -0.1) is 0 Å². The summed E-state index contributed by atoms with van der Waals surface area (Å²) < 4.78 is 0. The van der Waals surface area contributed by atoms with Gasteiger partial charge in [0.2, 0.25) is 5.91 Å². The van der Waals surface area contributed by atoms with E-state index in [9.17, 15) is 4.79 Å². The Kier molecular flexibility index (Phi) is 11.4. The maximum Gasteiger partial charge on any atom is 0.231 e. The molecule has 0 heterocycles. The van der Waals surface area contributed by atoms with Gasteiger partial charge in [0, 0.05) is 0 Å².